The van der Waals surface area contributed by atoms with E-state index in [0.29, 0.717) is 22.8 Å². The number of aromatic nitrogens is 1. The number of carbonyl (C=O) groups excluding carboxylic acids is 2. The van der Waals surface area contributed by atoms with Crippen molar-refractivity contribution in [2.24, 2.45) is 0 Å². The molecule has 1 aliphatic heterocycles. The Hall–Kier alpha value is -2.30. The van der Waals surface area contributed by atoms with Gasteiger partial charge in [-0.25, -0.2) is 4.98 Å². The van der Waals surface area contributed by atoms with Crippen LogP contribution in [-0.2, 0) is 19.5 Å². The third-order valence-corrected chi connectivity index (χ3v) is 6.61. The van der Waals surface area contributed by atoms with Crippen LogP contribution in [0, 0.1) is 3.57 Å². The second-order valence-corrected chi connectivity index (χ2v) is 9.55. The molecule has 154 valence electrons. The largest absolute Gasteiger partial charge is 0.348 e. The van der Waals surface area contributed by atoms with Gasteiger partial charge in [0.2, 0.25) is 0 Å². The summed E-state index contributed by atoms with van der Waals surface area (Å²) in [7, 11) is 2.09. The molecule has 4 rings (SSSR count). The van der Waals surface area contributed by atoms with Gasteiger partial charge < -0.3 is 10.2 Å². The lowest BCUT2D eigenvalue weighted by atomic mass is 10.1. The number of benzene rings is 2. The average molecular weight is 532 g/mol. The molecule has 1 aromatic heterocycles. The molecule has 2 heterocycles. The molecule has 30 heavy (non-hydrogen) atoms. The summed E-state index contributed by atoms with van der Waals surface area (Å²) in [6.45, 7) is 2.21. The SMILES string of the molecule is CN1CCc2nc(NC(=O)c3cccc(CNC(=O)c4ccc(I)cc4)c3)sc2C1. The molecule has 2 amide bonds. The van der Waals surface area contributed by atoms with Crippen molar-refractivity contribution in [3.63, 3.8) is 0 Å². The van der Waals surface area contributed by atoms with Gasteiger partial charge in [-0.3, -0.25) is 14.9 Å². The van der Waals surface area contributed by atoms with Crippen molar-refractivity contribution >= 4 is 50.9 Å². The maximum absolute atomic E-state index is 12.7. The second-order valence-electron chi connectivity index (χ2n) is 7.22. The fourth-order valence-corrected chi connectivity index (χ4v) is 4.70. The summed E-state index contributed by atoms with van der Waals surface area (Å²) in [5.41, 5.74) is 3.10. The molecule has 0 radical (unpaired) electrons. The van der Waals surface area contributed by atoms with Crippen molar-refractivity contribution in [2.45, 2.75) is 19.5 Å². The Labute approximate surface area is 192 Å². The van der Waals surface area contributed by atoms with Gasteiger partial charge in [0.25, 0.3) is 11.8 Å². The molecule has 0 fully saturated rings. The zero-order chi connectivity index (χ0) is 21.1. The predicted molar refractivity (Wildman–Crippen MR) is 127 cm³/mol. The van der Waals surface area contributed by atoms with Crippen molar-refractivity contribution in [1.82, 2.24) is 15.2 Å². The summed E-state index contributed by atoms with van der Waals surface area (Å²) < 4.78 is 1.08. The Balaban J connectivity index is 1.38. The van der Waals surface area contributed by atoms with Crippen LogP contribution < -0.4 is 10.6 Å². The number of nitrogens with zero attached hydrogens (tertiary/aromatic N) is 2. The Morgan fingerprint density at radius 1 is 1.13 bits per heavy atom. The molecular formula is C22H21IN4O2S. The Morgan fingerprint density at radius 2 is 1.93 bits per heavy atom. The summed E-state index contributed by atoms with van der Waals surface area (Å²) >= 11 is 3.74. The molecule has 2 N–H and O–H groups in total. The van der Waals surface area contributed by atoms with Crippen LogP contribution in [0.25, 0.3) is 0 Å². The molecular weight excluding hydrogens is 511 g/mol. The minimum absolute atomic E-state index is 0.139. The van der Waals surface area contributed by atoms with Crippen LogP contribution in [0.2, 0.25) is 0 Å². The summed E-state index contributed by atoms with van der Waals surface area (Å²) in [5, 5.41) is 6.45. The summed E-state index contributed by atoms with van der Waals surface area (Å²) in [6, 6.07) is 14.7. The minimum atomic E-state index is -0.194. The van der Waals surface area contributed by atoms with Crippen LogP contribution >= 0.6 is 33.9 Å². The van der Waals surface area contributed by atoms with Crippen molar-refractivity contribution in [3.8, 4) is 0 Å². The molecule has 0 spiro atoms. The van der Waals surface area contributed by atoms with E-state index in [0.717, 1.165) is 34.3 Å². The third-order valence-electron chi connectivity index (χ3n) is 4.89. The van der Waals surface area contributed by atoms with Gasteiger partial charge in [0.15, 0.2) is 5.13 Å². The molecule has 2 aromatic carbocycles. The van der Waals surface area contributed by atoms with Gasteiger partial charge in [-0.1, -0.05) is 12.1 Å². The molecule has 0 unspecified atom stereocenters. The van der Waals surface area contributed by atoms with E-state index in [2.05, 4.69) is 50.2 Å². The first kappa shape index (κ1) is 21.0. The van der Waals surface area contributed by atoms with Gasteiger partial charge >= 0.3 is 0 Å². The van der Waals surface area contributed by atoms with E-state index in [1.807, 2.05) is 24.3 Å². The van der Waals surface area contributed by atoms with E-state index in [4.69, 9.17) is 0 Å². The number of halogens is 1. The van der Waals surface area contributed by atoms with Gasteiger partial charge in [0, 0.05) is 45.6 Å². The molecule has 0 atom stereocenters. The molecule has 1 aliphatic rings. The standard InChI is InChI=1S/C22H21IN4O2S/c1-27-10-9-18-19(13-27)30-22(25-18)26-21(29)16-4-2-3-14(11-16)12-24-20(28)15-5-7-17(23)8-6-15/h2-8,11H,9-10,12-13H2,1H3,(H,24,28)(H,25,26,29). The highest BCUT2D eigenvalue weighted by molar-refractivity contribution is 14.1. The first-order chi connectivity index (χ1) is 14.5. The number of anilines is 1. The number of rotatable bonds is 5. The van der Waals surface area contributed by atoms with Gasteiger partial charge in [-0.05, 0) is 71.6 Å². The third kappa shape index (κ3) is 5.05. The highest BCUT2D eigenvalue weighted by Gasteiger charge is 2.19. The molecule has 0 aliphatic carbocycles. The highest BCUT2D eigenvalue weighted by Crippen LogP contribution is 2.28. The van der Waals surface area contributed by atoms with E-state index in [1.54, 1.807) is 24.3 Å². The number of amides is 2. The van der Waals surface area contributed by atoms with E-state index in [9.17, 15) is 9.59 Å². The fraction of sp³-hybridized carbons (Fsp3) is 0.227. The molecule has 6 nitrogen and oxygen atoms in total. The highest BCUT2D eigenvalue weighted by atomic mass is 127. The van der Waals surface area contributed by atoms with Crippen LogP contribution in [0.15, 0.2) is 48.5 Å². The predicted octanol–water partition coefficient (Wildman–Crippen LogP) is 3.92. The molecule has 8 heteroatoms. The summed E-state index contributed by atoms with van der Waals surface area (Å²) in [5.74, 6) is -0.333. The van der Waals surface area contributed by atoms with Crippen molar-refractivity contribution in [3.05, 3.63) is 79.4 Å². The van der Waals surface area contributed by atoms with Gasteiger partial charge in [0.05, 0.1) is 5.69 Å². The van der Waals surface area contributed by atoms with Crippen LogP contribution in [-0.4, -0.2) is 35.3 Å². The average Bonchev–Trinajstić information content (AvgIpc) is 3.14. The second kappa shape index (κ2) is 9.23. The number of thiazole rings is 1. The van der Waals surface area contributed by atoms with Gasteiger partial charge in [-0.15, -0.1) is 11.3 Å². The molecule has 3 aromatic rings. The first-order valence-corrected chi connectivity index (χ1v) is 11.5. The Bertz CT molecular complexity index is 1080. The van der Waals surface area contributed by atoms with E-state index < -0.39 is 0 Å². The normalized spacial score (nSPS) is 13.5. The van der Waals surface area contributed by atoms with Crippen LogP contribution in [0.4, 0.5) is 5.13 Å². The molecule has 0 bridgehead atoms. The Morgan fingerprint density at radius 3 is 2.73 bits per heavy atom. The number of fused-ring (bicyclic) bond motifs is 1. The van der Waals surface area contributed by atoms with Crippen molar-refractivity contribution < 1.29 is 9.59 Å². The molecule has 0 saturated heterocycles. The lowest BCUT2D eigenvalue weighted by molar-refractivity contribution is 0.0950. The monoisotopic (exact) mass is 532 g/mol. The number of hydrogen-bond donors (Lipinski definition) is 2. The fourth-order valence-electron chi connectivity index (χ4n) is 3.25. The maximum atomic E-state index is 12.7. The summed E-state index contributed by atoms with van der Waals surface area (Å²) in [6.07, 6.45) is 0.911. The van der Waals surface area contributed by atoms with Crippen LogP contribution in [0.3, 0.4) is 0 Å². The molecule has 0 saturated carbocycles. The lowest BCUT2D eigenvalue weighted by Gasteiger charge is -2.20. The lowest BCUT2D eigenvalue weighted by Crippen LogP contribution is -2.25. The maximum Gasteiger partial charge on any atom is 0.257 e. The van der Waals surface area contributed by atoms with Gasteiger partial charge in [0.1, 0.15) is 0 Å². The quantitative estimate of drug-likeness (QED) is 0.489. The number of carbonyl (C=O) groups is 2. The smallest absolute Gasteiger partial charge is 0.257 e. The van der Waals surface area contributed by atoms with Gasteiger partial charge in [-0.2, -0.15) is 0 Å². The van der Waals surface area contributed by atoms with Crippen LogP contribution in [0.1, 0.15) is 36.9 Å². The zero-order valence-electron chi connectivity index (χ0n) is 16.4. The van der Waals surface area contributed by atoms with E-state index >= 15 is 0 Å². The zero-order valence-corrected chi connectivity index (χ0v) is 19.4. The topological polar surface area (TPSA) is 74.3 Å². The number of nitrogens with one attached hydrogen (secondary N) is 2. The minimum Gasteiger partial charge on any atom is -0.348 e. The van der Waals surface area contributed by atoms with E-state index in [-0.39, 0.29) is 11.8 Å². The van der Waals surface area contributed by atoms with E-state index in [1.165, 1.54) is 16.2 Å². The summed E-state index contributed by atoms with van der Waals surface area (Å²) in [4.78, 5) is 33.0. The first-order valence-electron chi connectivity index (χ1n) is 9.59. The number of likely N-dealkylation sites (N-methyl/N-ethyl adjacent to an activating group) is 1. The Kier molecular flexibility index (Phi) is 6.45. The van der Waals surface area contributed by atoms with Crippen molar-refractivity contribution in [1.29, 1.82) is 0 Å². The van der Waals surface area contributed by atoms with Crippen molar-refractivity contribution in [2.75, 3.05) is 18.9 Å². The number of hydrogen-bond acceptors (Lipinski definition) is 5. The van der Waals surface area contributed by atoms with Crippen LogP contribution in [0.5, 0.6) is 0 Å².